The second-order valence-corrected chi connectivity index (χ2v) is 6.86. The first-order valence-electron chi connectivity index (χ1n) is 8.32. The van der Waals surface area contributed by atoms with Crippen LogP contribution in [0.4, 0.5) is 5.69 Å². The molecule has 136 valence electrons. The van der Waals surface area contributed by atoms with Gasteiger partial charge >= 0.3 is 0 Å². The van der Waals surface area contributed by atoms with E-state index >= 15 is 0 Å². The van der Waals surface area contributed by atoms with E-state index in [2.05, 4.69) is 5.32 Å². The van der Waals surface area contributed by atoms with Crippen LogP contribution in [0.3, 0.4) is 0 Å². The molecule has 0 aliphatic carbocycles. The summed E-state index contributed by atoms with van der Waals surface area (Å²) in [6.07, 6.45) is 3.42. The molecule has 0 radical (unpaired) electrons. The first-order valence-corrected chi connectivity index (χ1v) is 9.08. The topological polar surface area (TPSA) is 50.1 Å². The Morgan fingerprint density at radius 1 is 0.926 bits per heavy atom. The number of amides is 1. The number of hydrogen-bond donors (Lipinski definition) is 1. The summed E-state index contributed by atoms with van der Waals surface area (Å²) in [5.74, 6) is -0.292. The quantitative estimate of drug-likeness (QED) is 0.498. The molecule has 0 bridgehead atoms. The average molecular weight is 400 g/mol. The molecule has 0 aliphatic rings. The van der Waals surface area contributed by atoms with Crippen molar-refractivity contribution < 1.29 is 14.2 Å². The van der Waals surface area contributed by atoms with E-state index in [4.69, 9.17) is 23.2 Å². The molecule has 3 rings (SSSR count). The van der Waals surface area contributed by atoms with Gasteiger partial charge in [-0.1, -0.05) is 53.5 Å². The van der Waals surface area contributed by atoms with Gasteiger partial charge in [-0.15, -0.1) is 0 Å². The van der Waals surface area contributed by atoms with E-state index in [1.807, 2.05) is 18.2 Å². The fourth-order valence-electron chi connectivity index (χ4n) is 2.57. The van der Waals surface area contributed by atoms with Crippen molar-refractivity contribution in [2.45, 2.75) is 13.0 Å². The number of benzene rings is 2. The summed E-state index contributed by atoms with van der Waals surface area (Å²) in [4.78, 5) is 25.0. The van der Waals surface area contributed by atoms with Crippen LogP contribution < -0.4 is 9.88 Å². The summed E-state index contributed by atoms with van der Waals surface area (Å²) in [7, 11) is 0. The Labute approximate surface area is 167 Å². The first kappa shape index (κ1) is 19.1. The van der Waals surface area contributed by atoms with Gasteiger partial charge in [-0.25, -0.2) is 0 Å². The molecule has 27 heavy (non-hydrogen) atoms. The molecule has 6 heteroatoms. The summed E-state index contributed by atoms with van der Waals surface area (Å²) in [6, 6.07) is 16.9. The lowest BCUT2D eigenvalue weighted by atomic mass is 10.0. The van der Waals surface area contributed by atoms with Crippen molar-refractivity contribution in [3.8, 4) is 0 Å². The summed E-state index contributed by atoms with van der Waals surface area (Å²) in [5, 5.41) is 3.65. The highest BCUT2D eigenvalue weighted by Gasteiger charge is 2.23. The fraction of sp³-hybridized carbons (Fsp3) is 0.0952. The molecule has 1 heterocycles. The third-order valence-electron chi connectivity index (χ3n) is 4.17. The van der Waals surface area contributed by atoms with Crippen molar-refractivity contribution in [3.05, 3.63) is 94.2 Å². The van der Waals surface area contributed by atoms with Gasteiger partial charge in [0.2, 0.25) is 6.04 Å². The van der Waals surface area contributed by atoms with Crippen LogP contribution in [-0.2, 0) is 4.79 Å². The lowest BCUT2D eigenvalue weighted by Gasteiger charge is -2.10. The Hall–Kier alpha value is -2.69. The second kappa shape index (κ2) is 8.33. The minimum Gasteiger partial charge on any atom is -0.319 e. The molecule has 1 atom stereocenters. The zero-order valence-electron chi connectivity index (χ0n) is 14.5. The third-order valence-corrected chi connectivity index (χ3v) is 4.71. The Balaban J connectivity index is 1.72. The van der Waals surface area contributed by atoms with Gasteiger partial charge in [0.05, 0.1) is 10.7 Å². The van der Waals surface area contributed by atoms with E-state index in [0.29, 0.717) is 26.9 Å². The number of pyridine rings is 1. The number of rotatable bonds is 5. The largest absolute Gasteiger partial charge is 0.319 e. The van der Waals surface area contributed by atoms with Crippen LogP contribution in [0.5, 0.6) is 0 Å². The average Bonchev–Trinajstić information content (AvgIpc) is 2.69. The summed E-state index contributed by atoms with van der Waals surface area (Å²) in [6.45, 7) is 1.76. The number of carbonyl (C=O) groups is 2. The van der Waals surface area contributed by atoms with E-state index in [1.165, 1.54) is 0 Å². The molecule has 2 aromatic carbocycles. The van der Waals surface area contributed by atoms with Crippen LogP contribution in [0.25, 0.3) is 0 Å². The SMILES string of the molecule is C[C@H](C(=O)Nc1ccc(Cl)cc1Cl)[n+]1ccc(C(=O)c2ccccc2)cc1. The van der Waals surface area contributed by atoms with E-state index in [9.17, 15) is 9.59 Å². The molecular weight excluding hydrogens is 383 g/mol. The number of nitrogens with one attached hydrogen (secondary N) is 1. The highest BCUT2D eigenvalue weighted by molar-refractivity contribution is 6.36. The fourth-order valence-corrected chi connectivity index (χ4v) is 3.02. The Kier molecular flexibility index (Phi) is 5.89. The van der Waals surface area contributed by atoms with Gasteiger partial charge in [-0.05, 0) is 18.2 Å². The number of aromatic nitrogens is 1. The maximum Gasteiger partial charge on any atom is 0.293 e. The monoisotopic (exact) mass is 399 g/mol. The Morgan fingerprint density at radius 2 is 1.56 bits per heavy atom. The molecule has 1 aromatic heterocycles. The predicted octanol–water partition coefficient (Wildman–Crippen LogP) is 4.71. The predicted molar refractivity (Wildman–Crippen MR) is 106 cm³/mol. The number of ketones is 1. The number of halogens is 2. The second-order valence-electron chi connectivity index (χ2n) is 6.02. The highest BCUT2D eigenvalue weighted by atomic mass is 35.5. The lowest BCUT2D eigenvalue weighted by Crippen LogP contribution is -2.44. The molecule has 0 aliphatic heterocycles. The van der Waals surface area contributed by atoms with Gasteiger partial charge in [0, 0.05) is 35.2 Å². The van der Waals surface area contributed by atoms with Crippen LogP contribution >= 0.6 is 23.2 Å². The van der Waals surface area contributed by atoms with Crippen LogP contribution in [0, 0.1) is 0 Å². The number of carbonyl (C=O) groups excluding carboxylic acids is 2. The molecule has 0 saturated heterocycles. The zero-order valence-corrected chi connectivity index (χ0v) is 16.0. The normalized spacial score (nSPS) is 11.7. The highest BCUT2D eigenvalue weighted by Crippen LogP contribution is 2.25. The zero-order chi connectivity index (χ0) is 19.4. The van der Waals surface area contributed by atoms with Crippen LogP contribution in [0.1, 0.15) is 28.9 Å². The van der Waals surface area contributed by atoms with E-state index < -0.39 is 6.04 Å². The van der Waals surface area contributed by atoms with Crippen molar-refractivity contribution in [1.29, 1.82) is 0 Å². The van der Waals surface area contributed by atoms with Gasteiger partial charge in [0.25, 0.3) is 5.91 Å². The summed E-state index contributed by atoms with van der Waals surface area (Å²) in [5.41, 5.74) is 1.68. The lowest BCUT2D eigenvalue weighted by molar-refractivity contribution is -0.705. The molecular formula is C21H17Cl2N2O2+. The van der Waals surface area contributed by atoms with Crippen molar-refractivity contribution in [2.24, 2.45) is 0 Å². The van der Waals surface area contributed by atoms with Gasteiger partial charge < -0.3 is 5.32 Å². The summed E-state index contributed by atoms with van der Waals surface area (Å²) < 4.78 is 1.72. The Morgan fingerprint density at radius 3 is 2.19 bits per heavy atom. The van der Waals surface area contributed by atoms with Crippen molar-refractivity contribution in [1.82, 2.24) is 0 Å². The number of hydrogen-bond acceptors (Lipinski definition) is 2. The molecule has 1 amide bonds. The van der Waals surface area contributed by atoms with Crippen LogP contribution in [0.15, 0.2) is 73.1 Å². The smallest absolute Gasteiger partial charge is 0.293 e. The van der Waals surface area contributed by atoms with Crippen molar-refractivity contribution >= 4 is 40.6 Å². The van der Waals surface area contributed by atoms with Gasteiger partial charge in [0.15, 0.2) is 18.2 Å². The molecule has 4 nitrogen and oxygen atoms in total. The molecule has 0 spiro atoms. The molecule has 0 unspecified atom stereocenters. The van der Waals surface area contributed by atoms with E-state index in [-0.39, 0.29) is 11.7 Å². The van der Waals surface area contributed by atoms with Gasteiger partial charge in [-0.3, -0.25) is 9.59 Å². The molecule has 0 fully saturated rings. The maximum atomic E-state index is 12.5. The van der Waals surface area contributed by atoms with Crippen LogP contribution in [0.2, 0.25) is 10.0 Å². The third kappa shape index (κ3) is 4.54. The minimum absolute atomic E-state index is 0.0622. The molecule has 1 N–H and O–H groups in total. The first-order chi connectivity index (χ1) is 13.0. The van der Waals surface area contributed by atoms with Crippen molar-refractivity contribution in [2.75, 3.05) is 5.32 Å². The number of nitrogens with zero attached hydrogens (tertiary/aromatic N) is 1. The maximum absolute atomic E-state index is 12.5. The van der Waals surface area contributed by atoms with Gasteiger partial charge in [0.1, 0.15) is 0 Å². The van der Waals surface area contributed by atoms with Crippen molar-refractivity contribution in [3.63, 3.8) is 0 Å². The molecule has 3 aromatic rings. The van der Waals surface area contributed by atoms with Crippen LogP contribution in [-0.4, -0.2) is 11.7 Å². The van der Waals surface area contributed by atoms with E-state index in [0.717, 1.165) is 0 Å². The number of anilines is 1. The summed E-state index contributed by atoms with van der Waals surface area (Å²) >= 11 is 12.0. The molecule has 0 saturated carbocycles. The van der Waals surface area contributed by atoms with Gasteiger partial charge in [-0.2, -0.15) is 4.57 Å². The standard InChI is InChI=1S/C21H16Cl2N2O2/c1-14(21(27)24-19-8-7-17(22)13-18(19)23)25-11-9-16(10-12-25)20(26)15-5-3-2-4-6-15/h2-14H,1H3/p+1/t14-/m1/s1. The van der Waals surface area contributed by atoms with E-state index in [1.54, 1.807) is 66.3 Å². The minimum atomic E-state index is -0.488. The Bertz CT molecular complexity index is 973.